The lowest BCUT2D eigenvalue weighted by molar-refractivity contribution is -0.149. The minimum Gasteiger partial charge on any atom is -0.461 e. The van der Waals surface area contributed by atoms with Gasteiger partial charge in [-0.3, -0.25) is 14.4 Å². The number of rotatable bonds is 10. The van der Waals surface area contributed by atoms with Crippen molar-refractivity contribution in [3.8, 4) is 5.69 Å². The van der Waals surface area contributed by atoms with Crippen LogP contribution >= 0.6 is 0 Å². The zero-order chi connectivity index (χ0) is 28.3. The molecular weight excluding hydrogens is 494 g/mol. The topological polar surface area (TPSA) is 141 Å². The van der Waals surface area contributed by atoms with E-state index in [9.17, 15) is 14.4 Å². The van der Waals surface area contributed by atoms with E-state index in [1.165, 1.54) is 0 Å². The number of amides is 1. The Hall–Kier alpha value is -3.17. The molecule has 4 rings (SSSR count). The van der Waals surface area contributed by atoms with Crippen molar-refractivity contribution < 1.29 is 19.1 Å². The highest BCUT2D eigenvalue weighted by Gasteiger charge is 2.36. The van der Waals surface area contributed by atoms with Crippen molar-refractivity contribution in [1.82, 2.24) is 9.88 Å². The summed E-state index contributed by atoms with van der Waals surface area (Å²) in [6.45, 7) is 9.79. The molecule has 6 N–H and O–H groups in total. The Labute approximate surface area is 231 Å². The van der Waals surface area contributed by atoms with Crippen LogP contribution in [0.5, 0.6) is 0 Å². The average Bonchev–Trinajstić information content (AvgIpc) is 3.11. The molecule has 1 aromatic carbocycles. The number of nitrogens with one attached hydrogen (secondary N) is 2. The van der Waals surface area contributed by atoms with Crippen LogP contribution in [0.2, 0.25) is 0 Å². The predicted molar refractivity (Wildman–Crippen MR) is 152 cm³/mol. The van der Waals surface area contributed by atoms with Crippen molar-refractivity contribution in [1.29, 1.82) is 0 Å². The lowest BCUT2D eigenvalue weighted by atomic mass is 9.75. The molecule has 2 aromatic rings. The fourth-order valence-electron chi connectivity index (χ4n) is 6.00. The molecule has 0 spiro atoms. The second-order valence-electron chi connectivity index (χ2n) is 11.8. The van der Waals surface area contributed by atoms with Crippen molar-refractivity contribution in [3.63, 3.8) is 0 Å². The lowest BCUT2D eigenvalue weighted by Gasteiger charge is -2.31. The quantitative estimate of drug-likeness (QED) is 0.268. The Balaban J connectivity index is 1.50. The smallest absolute Gasteiger partial charge is 0.320 e. The van der Waals surface area contributed by atoms with E-state index in [0.29, 0.717) is 30.8 Å². The molecule has 2 aliphatic rings. The van der Waals surface area contributed by atoms with Gasteiger partial charge in [-0.25, -0.2) is 0 Å². The Morgan fingerprint density at radius 1 is 1.13 bits per heavy atom. The van der Waals surface area contributed by atoms with Crippen LogP contribution in [-0.2, 0) is 16.0 Å². The number of carbonyl (C=O) groups excluding carboxylic acids is 3. The van der Waals surface area contributed by atoms with Gasteiger partial charge in [0.05, 0.1) is 12.1 Å². The van der Waals surface area contributed by atoms with E-state index in [1.54, 1.807) is 6.07 Å². The molecule has 1 amide bonds. The summed E-state index contributed by atoms with van der Waals surface area (Å²) < 4.78 is 7.80. The molecule has 9 heteroatoms. The molecular formula is C30H43N5O4. The molecule has 0 atom stereocenters. The van der Waals surface area contributed by atoms with Crippen LogP contribution in [0.4, 0.5) is 5.69 Å². The third-order valence-electron chi connectivity index (χ3n) is 8.06. The summed E-state index contributed by atoms with van der Waals surface area (Å²) in [5, 5.41) is 6.60. The number of primary amides is 1. The van der Waals surface area contributed by atoms with Crippen LogP contribution in [0.25, 0.3) is 5.69 Å². The minimum absolute atomic E-state index is 0.105. The van der Waals surface area contributed by atoms with Crippen molar-refractivity contribution in [2.75, 3.05) is 25.0 Å². The Kier molecular flexibility index (Phi) is 8.81. The number of nitrogens with two attached hydrogens (primary N) is 2. The molecule has 0 unspecified atom stereocenters. The average molecular weight is 538 g/mol. The SMILES string of the molecule is Cc1c2c(n(-c3ccc(C(N)=O)c(N[C@H]4CC[C@H](OC(=O)CNCCCN)CC4)c3)c1C)CC(C)(C)CC2=O. The first-order valence-electron chi connectivity index (χ1n) is 14.1. The molecule has 0 aliphatic heterocycles. The van der Waals surface area contributed by atoms with E-state index in [1.807, 2.05) is 26.0 Å². The van der Waals surface area contributed by atoms with Gasteiger partial charge in [-0.15, -0.1) is 0 Å². The molecule has 0 radical (unpaired) electrons. The van der Waals surface area contributed by atoms with E-state index >= 15 is 0 Å². The number of hydrogen-bond donors (Lipinski definition) is 4. The second kappa shape index (κ2) is 11.9. The van der Waals surface area contributed by atoms with E-state index < -0.39 is 5.91 Å². The summed E-state index contributed by atoms with van der Waals surface area (Å²) in [5.74, 6) is -0.543. The van der Waals surface area contributed by atoms with Crippen LogP contribution in [-0.4, -0.2) is 54.0 Å². The van der Waals surface area contributed by atoms with Gasteiger partial charge in [0.25, 0.3) is 5.91 Å². The van der Waals surface area contributed by atoms with Crippen molar-refractivity contribution >= 4 is 23.3 Å². The predicted octanol–water partition coefficient (Wildman–Crippen LogP) is 3.55. The molecule has 1 aromatic heterocycles. The molecule has 9 nitrogen and oxygen atoms in total. The second-order valence-corrected chi connectivity index (χ2v) is 11.8. The number of ether oxygens (including phenoxy) is 1. The highest BCUT2D eigenvalue weighted by Crippen LogP contribution is 2.40. The maximum absolute atomic E-state index is 13.0. The van der Waals surface area contributed by atoms with Crippen molar-refractivity contribution in [2.45, 2.75) is 84.8 Å². The third-order valence-corrected chi connectivity index (χ3v) is 8.06. The van der Waals surface area contributed by atoms with Gasteiger partial charge in [-0.1, -0.05) is 13.8 Å². The first-order chi connectivity index (χ1) is 18.5. The van der Waals surface area contributed by atoms with Gasteiger partial charge in [0.2, 0.25) is 0 Å². The van der Waals surface area contributed by atoms with Crippen LogP contribution in [0.15, 0.2) is 18.2 Å². The number of benzene rings is 1. The van der Waals surface area contributed by atoms with Crippen molar-refractivity contribution in [3.05, 3.63) is 46.3 Å². The highest BCUT2D eigenvalue weighted by atomic mass is 16.5. The zero-order valence-corrected chi connectivity index (χ0v) is 23.7. The first kappa shape index (κ1) is 28.8. The fourth-order valence-corrected chi connectivity index (χ4v) is 6.00. The van der Waals surface area contributed by atoms with Gasteiger partial charge in [0.1, 0.15) is 6.10 Å². The Morgan fingerprint density at radius 3 is 2.51 bits per heavy atom. The molecule has 212 valence electrons. The number of carbonyl (C=O) groups is 3. The van der Waals surface area contributed by atoms with Gasteiger partial charge < -0.3 is 31.4 Å². The van der Waals surface area contributed by atoms with E-state index in [4.69, 9.17) is 16.2 Å². The zero-order valence-electron chi connectivity index (χ0n) is 23.7. The number of Topliss-reactive ketones (excluding diaryl/α,β-unsaturated/α-hetero) is 1. The molecule has 39 heavy (non-hydrogen) atoms. The molecule has 1 fully saturated rings. The monoisotopic (exact) mass is 537 g/mol. The summed E-state index contributed by atoms with van der Waals surface area (Å²) >= 11 is 0. The van der Waals surface area contributed by atoms with E-state index in [0.717, 1.165) is 66.7 Å². The summed E-state index contributed by atoms with van der Waals surface area (Å²) in [5.41, 5.74) is 17.0. The largest absolute Gasteiger partial charge is 0.461 e. The normalized spacial score (nSPS) is 20.4. The van der Waals surface area contributed by atoms with Gasteiger partial charge in [0, 0.05) is 40.8 Å². The molecule has 1 saturated carbocycles. The van der Waals surface area contributed by atoms with Gasteiger partial charge >= 0.3 is 5.97 Å². The molecule has 2 aliphatic carbocycles. The third kappa shape index (κ3) is 6.53. The number of hydrogen-bond acceptors (Lipinski definition) is 7. The summed E-state index contributed by atoms with van der Waals surface area (Å²) in [6, 6.07) is 5.76. The van der Waals surface area contributed by atoms with Gasteiger partial charge in [-0.05, 0) is 94.6 Å². The van der Waals surface area contributed by atoms with Crippen molar-refractivity contribution in [2.24, 2.45) is 16.9 Å². The Bertz CT molecular complexity index is 1240. The minimum atomic E-state index is -0.493. The van der Waals surface area contributed by atoms with Gasteiger partial charge in [0.15, 0.2) is 5.78 Å². The maximum atomic E-state index is 13.0. The van der Waals surface area contributed by atoms with Crippen LogP contribution in [0.1, 0.15) is 90.0 Å². The van der Waals surface area contributed by atoms with Crippen LogP contribution < -0.4 is 22.1 Å². The summed E-state index contributed by atoms with van der Waals surface area (Å²) in [6.07, 6.45) is 5.17. The first-order valence-corrected chi connectivity index (χ1v) is 14.1. The number of anilines is 1. The van der Waals surface area contributed by atoms with E-state index in [2.05, 4.69) is 29.0 Å². The number of fused-ring (bicyclic) bond motifs is 1. The number of esters is 1. The summed E-state index contributed by atoms with van der Waals surface area (Å²) in [7, 11) is 0. The molecule has 0 bridgehead atoms. The fraction of sp³-hybridized carbons (Fsp3) is 0.567. The lowest BCUT2D eigenvalue weighted by Crippen LogP contribution is -2.34. The Morgan fingerprint density at radius 2 is 1.85 bits per heavy atom. The van der Waals surface area contributed by atoms with E-state index in [-0.39, 0.29) is 35.9 Å². The number of aromatic nitrogens is 1. The van der Waals surface area contributed by atoms with Crippen LogP contribution in [0, 0.1) is 19.3 Å². The maximum Gasteiger partial charge on any atom is 0.320 e. The standard InChI is InChI=1S/C30H43N5O4/c1-18-19(2)35(25-15-30(3,4)16-26(36)28(18)25)21-8-11-23(29(32)38)24(14-21)34-20-6-9-22(10-7-20)39-27(37)17-33-13-5-12-31/h8,11,14,20,22,33-34H,5-7,9-10,12-13,15-17,31H2,1-4H3,(H2,32,38)/t20-,22-. The molecule has 1 heterocycles. The molecule has 0 saturated heterocycles. The number of nitrogens with zero attached hydrogens (tertiary/aromatic N) is 1. The highest BCUT2D eigenvalue weighted by molar-refractivity contribution is 6.01. The number of ketones is 1. The van der Waals surface area contributed by atoms with Crippen LogP contribution in [0.3, 0.4) is 0 Å². The van der Waals surface area contributed by atoms with Gasteiger partial charge in [-0.2, -0.15) is 0 Å². The summed E-state index contributed by atoms with van der Waals surface area (Å²) in [4.78, 5) is 37.5.